The van der Waals surface area contributed by atoms with E-state index in [2.05, 4.69) is 44.2 Å². The number of ether oxygens (including phenoxy) is 2. The molecule has 1 unspecified atom stereocenters. The van der Waals surface area contributed by atoms with Crippen molar-refractivity contribution >= 4 is 35.6 Å². The number of rotatable bonds is 4. The topological polar surface area (TPSA) is 52.6 Å². The molecule has 2 saturated heterocycles. The first-order chi connectivity index (χ1) is 12.7. The van der Waals surface area contributed by atoms with Crippen molar-refractivity contribution in [3.05, 3.63) is 24.3 Å². The molecule has 2 fully saturated rings. The highest BCUT2D eigenvalue weighted by Gasteiger charge is 2.23. The maximum atomic E-state index is 5.83. The largest absolute Gasteiger partial charge is 0.495 e. The predicted molar refractivity (Wildman–Crippen MR) is 121 cm³/mol. The lowest BCUT2D eigenvalue weighted by molar-refractivity contribution is -0.0163. The third kappa shape index (κ3) is 5.86. The highest BCUT2D eigenvalue weighted by atomic mass is 127. The van der Waals surface area contributed by atoms with Crippen LogP contribution in [0.2, 0.25) is 0 Å². The third-order valence-corrected chi connectivity index (χ3v) is 5.05. The van der Waals surface area contributed by atoms with Gasteiger partial charge in [0.15, 0.2) is 5.96 Å². The van der Waals surface area contributed by atoms with E-state index in [0.717, 1.165) is 69.8 Å². The number of anilines is 1. The van der Waals surface area contributed by atoms with E-state index in [1.807, 2.05) is 19.2 Å². The first-order valence-electron chi connectivity index (χ1n) is 9.35. The Bertz CT molecular complexity index is 608. The number of morpholine rings is 1. The molecule has 152 valence electrons. The number of hydrogen-bond donors (Lipinski definition) is 1. The molecule has 2 aliphatic heterocycles. The lowest BCUT2D eigenvalue weighted by Crippen LogP contribution is -2.54. The van der Waals surface area contributed by atoms with Gasteiger partial charge in [0.2, 0.25) is 0 Å². The average molecular weight is 489 g/mol. The van der Waals surface area contributed by atoms with E-state index in [1.165, 1.54) is 0 Å². The maximum absolute atomic E-state index is 5.83. The number of benzene rings is 1. The second-order valence-electron chi connectivity index (χ2n) is 6.83. The zero-order valence-corrected chi connectivity index (χ0v) is 18.9. The van der Waals surface area contributed by atoms with E-state index in [1.54, 1.807) is 7.11 Å². The second kappa shape index (κ2) is 10.9. The summed E-state index contributed by atoms with van der Waals surface area (Å²) < 4.78 is 11.3. The number of likely N-dealkylation sites (N-methyl/N-ethyl adjacent to an activating group) is 1. The van der Waals surface area contributed by atoms with Gasteiger partial charge in [0, 0.05) is 52.9 Å². The number of methoxy groups -OCH3 is 1. The number of guanidine groups is 1. The Labute approximate surface area is 179 Å². The highest BCUT2D eigenvalue weighted by Crippen LogP contribution is 2.28. The molecule has 0 spiro atoms. The van der Waals surface area contributed by atoms with Crippen molar-refractivity contribution < 1.29 is 9.47 Å². The molecule has 2 heterocycles. The fourth-order valence-corrected chi connectivity index (χ4v) is 3.58. The molecule has 7 nitrogen and oxygen atoms in total. The summed E-state index contributed by atoms with van der Waals surface area (Å²) in [6.45, 7) is 7.34. The van der Waals surface area contributed by atoms with Gasteiger partial charge in [-0.3, -0.25) is 4.99 Å². The van der Waals surface area contributed by atoms with Crippen LogP contribution >= 0.6 is 24.0 Å². The molecule has 0 saturated carbocycles. The summed E-state index contributed by atoms with van der Waals surface area (Å²) in [4.78, 5) is 11.5. The van der Waals surface area contributed by atoms with Crippen LogP contribution < -0.4 is 15.0 Å². The summed E-state index contributed by atoms with van der Waals surface area (Å²) in [7, 11) is 5.72. The fraction of sp³-hybridized carbons (Fsp3) is 0.632. The Balaban J connectivity index is 0.00000261. The molecule has 0 bridgehead atoms. The molecule has 8 heteroatoms. The van der Waals surface area contributed by atoms with Crippen LogP contribution in [-0.2, 0) is 4.74 Å². The Morgan fingerprint density at radius 1 is 1.22 bits per heavy atom. The average Bonchev–Trinajstić information content (AvgIpc) is 2.69. The van der Waals surface area contributed by atoms with Crippen molar-refractivity contribution in [2.45, 2.75) is 6.10 Å². The molecule has 1 aromatic carbocycles. The smallest absolute Gasteiger partial charge is 0.193 e. The number of nitrogens with zero attached hydrogens (tertiary/aromatic N) is 4. The normalized spacial score (nSPS) is 21.6. The minimum Gasteiger partial charge on any atom is -0.495 e. The Morgan fingerprint density at radius 2 is 1.96 bits per heavy atom. The van der Waals surface area contributed by atoms with Gasteiger partial charge in [0.05, 0.1) is 25.5 Å². The fourth-order valence-electron chi connectivity index (χ4n) is 3.58. The Kier molecular flexibility index (Phi) is 8.91. The van der Waals surface area contributed by atoms with Crippen LogP contribution in [0.1, 0.15) is 0 Å². The summed E-state index contributed by atoms with van der Waals surface area (Å²) >= 11 is 0. The van der Waals surface area contributed by atoms with Crippen LogP contribution in [0.3, 0.4) is 0 Å². The van der Waals surface area contributed by atoms with E-state index >= 15 is 0 Å². The summed E-state index contributed by atoms with van der Waals surface area (Å²) in [6, 6.07) is 8.21. The predicted octanol–water partition coefficient (Wildman–Crippen LogP) is 1.34. The van der Waals surface area contributed by atoms with Crippen molar-refractivity contribution in [3.8, 4) is 5.75 Å². The summed E-state index contributed by atoms with van der Waals surface area (Å²) in [5, 5.41) is 3.49. The van der Waals surface area contributed by atoms with E-state index in [0.29, 0.717) is 0 Å². The molecule has 0 radical (unpaired) electrons. The van der Waals surface area contributed by atoms with Crippen LogP contribution in [0.4, 0.5) is 5.69 Å². The minimum atomic E-state index is 0. The van der Waals surface area contributed by atoms with E-state index in [9.17, 15) is 0 Å². The minimum absolute atomic E-state index is 0. The Morgan fingerprint density at radius 3 is 2.63 bits per heavy atom. The van der Waals surface area contributed by atoms with Gasteiger partial charge < -0.3 is 29.5 Å². The summed E-state index contributed by atoms with van der Waals surface area (Å²) in [5.74, 6) is 1.89. The van der Waals surface area contributed by atoms with Gasteiger partial charge >= 0.3 is 0 Å². The zero-order valence-electron chi connectivity index (χ0n) is 16.6. The van der Waals surface area contributed by atoms with Crippen molar-refractivity contribution in [2.75, 3.05) is 78.5 Å². The van der Waals surface area contributed by atoms with Crippen molar-refractivity contribution in [3.63, 3.8) is 0 Å². The second-order valence-corrected chi connectivity index (χ2v) is 6.83. The molecular formula is C19H32IN5O2. The molecule has 0 aliphatic carbocycles. The molecule has 1 atom stereocenters. The number of halogens is 1. The first kappa shape index (κ1) is 22.0. The number of hydrogen-bond acceptors (Lipinski definition) is 5. The molecule has 0 aromatic heterocycles. The van der Waals surface area contributed by atoms with Crippen LogP contribution in [0.5, 0.6) is 5.75 Å². The van der Waals surface area contributed by atoms with Gasteiger partial charge in [-0.15, -0.1) is 24.0 Å². The number of aliphatic imine (C=N–C) groups is 1. The zero-order chi connectivity index (χ0) is 18.4. The Hall–Kier alpha value is -1.26. The summed E-state index contributed by atoms with van der Waals surface area (Å²) in [5.41, 5.74) is 1.16. The molecule has 2 aliphatic rings. The molecule has 27 heavy (non-hydrogen) atoms. The van der Waals surface area contributed by atoms with Crippen molar-refractivity contribution in [2.24, 2.45) is 4.99 Å². The van der Waals surface area contributed by atoms with Crippen LogP contribution in [0.25, 0.3) is 0 Å². The highest BCUT2D eigenvalue weighted by molar-refractivity contribution is 14.0. The molecule has 1 aromatic rings. The van der Waals surface area contributed by atoms with Gasteiger partial charge in [-0.25, -0.2) is 0 Å². The van der Waals surface area contributed by atoms with E-state index in [4.69, 9.17) is 9.47 Å². The lowest BCUT2D eigenvalue weighted by Gasteiger charge is -2.38. The van der Waals surface area contributed by atoms with Crippen LogP contribution in [-0.4, -0.2) is 95.5 Å². The van der Waals surface area contributed by atoms with Gasteiger partial charge in [0.1, 0.15) is 5.75 Å². The van der Waals surface area contributed by atoms with Gasteiger partial charge in [-0.05, 0) is 19.2 Å². The number of nitrogens with one attached hydrogen (secondary N) is 1. The number of piperazine rings is 1. The molecule has 3 rings (SSSR count). The summed E-state index contributed by atoms with van der Waals surface area (Å²) in [6.07, 6.45) is 0.223. The molecule has 1 N–H and O–H groups in total. The maximum Gasteiger partial charge on any atom is 0.193 e. The van der Waals surface area contributed by atoms with Crippen molar-refractivity contribution in [1.82, 2.24) is 15.1 Å². The van der Waals surface area contributed by atoms with E-state index < -0.39 is 0 Å². The molecule has 0 amide bonds. The van der Waals surface area contributed by atoms with Gasteiger partial charge in [0.25, 0.3) is 0 Å². The van der Waals surface area contributed by atoms with E-state index in [-0.39, 0.29) is 30.1 Å². The quantitative estimate of drug-likeness (QED) is 0.392. The first-order valence-corrected chi connectivity index (χ1v) is 9.35. The van der Waals surface area contributed by atoms with Gasteiger partial charge in [-0.2, -0.15) is 0 Å². The monoisotopic (exact) mass is 489 g/mol. The standard InChI is InChI=1S/C19H31N5O2.HI/c1-20-19(21-14-16-15-22(2)12-13-26-16)24-10-8-23(9-11-24)17-6-4-5-7-18(17)25-3;/h4-7,16H,8-15H2,1-3H3,(H,20,21);1H. The molecular weight excluding hydrogens is 457 g/mol. The van der Waals surface area contributed by atoms with Gasteiger partial charge in [-0.1, -0.05) is 12.1 Å². The SMILES string of the molecule is CN=C(NCC1CN(C)CCO1)N1CCN(c2ccccc2OC)CC1.I. The number of para-hydroxylation sites is 2. The van der Waals surface area contributed by atoms with Crippen molar-refractivity contribution in [1.29, 1.82) is 0 Å². The van der Waals surface area contributed by atoms with Crippen LogP contribution in [0, 0.1) is 0 Å². The lowest BCUT2D eigenvalue weighted by atomic mass is 10.2. The third-order valence-electron chi connectivity index (χ3n) is 5.05. The van der Waals surface area contributed by atoms with Crippen LogP contribution in [0.15, 0.2) is 29.3 Å².